The number of carbonyl (C=O) groups is 2. The van der Waals surface area contributed by atoms with Gasteiger partial charge in [-0.2, -0.15) is 0 Å². The highest BCUT2D eigenvalue weighted by Gasteiger charge is 2.41. The average Bonchev–Trinajstić information content (AvgIpc) is 2.69. The minimum atomic E-state index is -0.594. The third-order valence-corrected chi connectivity index (χ3v) is 5.97. The Bertz CT molecular complexity index is 873. The first-order valence-corrected chi connectivity index (χ1v) is 9.94. The summed E-state index contributed by atoms with van der Waals surface area (Å²) in [5, 5.41) is 5.98. The van der Waals surface area contributed by atoms with E-state index in [0.717, 1.165) is 27.0 Å². The lowest BCUT2D eigenvalue weighted by atomic mass is 9.73. The van der Waals surface area contributed by atoms with Crippen molar-refractivity contribution in [3.8, 4) is 0 Å². The molecule has 1 fully saturated rings. The van der Waals surface area contributed by atoms with Gasteiger partial charge < -0.3 is 15.4 Å². The molecule has 2 aliphatic heterocycles. The lowest BCUT2D eigenvalue weighted by Gasteiger charge is -2.36. The van der Waals surface area contributed by atoms with Crippen molar-refractivity contribution in [2.24, 2.45) is 0 Å². The molecule has 0 aromatic heterocycles. The number of rotatable bonds is 3. The summed E-state index contributed by atoms with van der Waals surface area (Å²) in [6.07, 6.45) is 2.48. The molecular formula is C21H21BrN2O3. The Morgan fingerprint density at radius 1 is 1.07 bits per heavy atom. The Hall–Kier alpha value is -2.18. The second-order valence-electron chi connectivity index (χ2n) is 7.08. The molecule has 0 aliphatic carbocycles. The highest BCUT2D eigenvalue weighted by atomic mass is 79.9. The highest BCUT2D eigenvalue weighted by Crippen LogP contribution is 2.37. The van der Waals surface area contributed by atoms with Crippen molar-refractivity contribution < 1.29 is 14.3 Å². The summed E-state index contributed by atoms with van der Waals surface area (Å²) in [4.78, 5) is 24.9. The smallest absolute Gasteiger partial charge is 0.235 e. The van der Waals surface area contributed by atoms with Crippen molar-refractivity contribution in [3.63, 3.8) is 0 Å². The van der Waals surface area contributed by atoms with E-state index in [-0.39, 0.29) is 11.8 Å². The number of halogens is 1. The number of amides is 2. The quantitative estimate of drug-likeness (QED) is 0.775. The first-order valence-electron chi connectivity index (χ1n) is 9.15. The summed E-state index contributed by atoms with van der Waals surface area (Å²) in [5.74, 6) is 0.0311. The number of nitrogens with one attached hydrogen (secondary N) is 2. The van der Waals surface area contributed by atoms with E-state index in [2.05, 4.69) is 26.6 Å². The molecule has 4 rings (SSSR count). The fraction of sp³-hybridized carbons (Fsp3) is 0.333. The Morgan fingerprint density at radius 3 is 2.56 bits per heavy atom. The van der Waals surface area contributed by atoms with Gasteiger partial charge in [0, 0.05) is 35.5 Å². The predicted octanol–water partition coefficient (Wildman–Crippen LogP) is 4.02. The molecule has 2 heterocycles. The molecule has 0 atom stereocenters. The zero-order chi connectivity index (χ0) is 18.9. The van der Waals surface area contributed by atoms with Crippen LogP contribution in [0.4, 0.5) is 11.4 Å². The van der Waals surface area contributed by atoms with Crippen LogP contribution in [0.3, 0.4) is 0 Å². The van der Waals surface area contributed by atoms with Crippen LogP contribution < -0.4 is 10.6 Å². The van der Waals surface area contributed by atoms with E-state index < -0.39 is 5.41 Å². The molecule has 0 bridgehead atoms. The number of fused-ring (bicyclic) bond motifs is 1. The Morgan fingerprint density at radius 2 is 1.81 bits per heavy atom. The minimum Gasteiger partial charge on any atom is -0.381 e. The van der Waals surface area contributed by atoms with Crippen LogP contribution in [0.1, 0.15) is 30.4 Å². The number of benzene rings is 2. The van der Waals surface area contributed by atoms with Crippen LogP contribution in [-0.2, 0) is 26.2 Å². The van der Waals surface area contributed by atoms with Gasteiger partial charge in [0.1, 0.15) is 0 Å². The van der Waals surface area contributed by atoms with Crippen molar-refractivity contribution in [1.29, 1.82) is 0 Å². The predicted molar refractivity (Wildman–Crippen MR) is 108 cm³/mol. The zero-order valence-corrected chi connectivity index (χ0v) is 16.5. The summed E-state index contributed by atoms with van der Waals surface area (Å²) in [6.45, 7) is 1.14. The molecule has 2 aliphatic rings. The van der Waals surface area contributed by atoms with Crippen LogP contribution in [-0.4, -0.2) is 25.0 Å². The zero-order valence-electron chi connectivity index (χ0n) is 14.9. The fourth-order valence-corrected chi connectivity index (χ4v) is 4.11. The average molecular weight is 429 g/mol. The number of hydrogen-bond donors (Lipinski definition) is 2. The molecule has 2 amide bonds. The molecule has 1 saturated heterocycles. The van der Waals surface area contributed by atoms with Gasteiger partial charge in [0.25, 0.3) is 0 Å². The first kappa shape index (κ1) is 18.2. The number of ether oxygens (including phenoxy) is 1. The van der Waals surface area contributed by atoms with E-state index in [1.165, 1.54) is 0 Å². The molecule has 2 aromatic rings. The molecule has 27 heavy (non-hydrogen) atoms. The standard InChI is InChI=1S/C21H21BrN2O3/c22-16-4-2-15(3-5-16)21(9-11-27-12-10-21)20(26)23-17-6-7-18-14(13-17)1-8-19(25)24-18/h2-7,13H,1,8-12H2,(H,23,26)(H,24,25). The van der Waals surface area contributed by atoms with Crippen LogP contribution in [0.15, 0.2) is 46.9 Å². The van der Waals surface area contributed by atoms with Gasteiger partial charge >= 0.3 is 0 Å². The summed E-state index contributed by atoms with van der Waals surface area (Å²) in [7, 11) is 0. The van der Waals surface area contributed by atoms with Crippen LogP contribution in [0.25, 0.3) is 0 Å². The van der Waals surface area contributed by atoms with Crippen molar-refractivity contribution in [1.82, 2.24) is 0 Å². The van der Waals surface area contributed by atoms with E-state index >= 15 is 0 Å². The molecule has 0 unspecified atom stereocenters. The van der Waals surface area contributed by atoms with Crippen molar-refractivity contribution in [2.75, 3.05) is 23.8 Å². The van der Waals surface area contributed by atoms with Gasteiger partial charge in [-0.15, -0.1) is 0 Å². The number of hydrogen-bond acceptors (Lipinski definition) is 3. The molecular weight excluding hydrogens is 408 g/mol. The number of carbonyl (C=O) groups excluding carboxylic acids is 2. The monoisotopic (exact) mass is 428 g/mol. The number of aryl methyl sites for hydroxylation is 1. The highest BCUT2D eigenvalue weighted by molar-refractivity contribution is 9.10. The Kier molecular flexibility index (Phi) is 5.02. The Balaban J connectivity index is 1.61. The van der Waals surface area contributed by atoms with Gasteiger partial charge in [-0.3, -0.25) is 9.59 Å². The second-order valence-corrected chi connectivity index (χ2v) is 7.99. The second kappa shape index (κ2) is 7.44. The molecule has 2 aromatic carbocycles. The fourth-order valence-electron chi connectivity index (χ4n) is 3.85. The van der Waals surface area contributed by atoms with Gasteiger partial charge in [0.15, 0.2) is 0 Å². The van der Waals surface area contributed by atoms with Gasteiger partial charge in [0.05, 0.1) is 5.41 Å². The molecule has 5 nitrogen and oxygen atoms in total. The minimum absolute atomic E-state index is 0.00656. The third-order valence-electron chi connectivity index (χ3n) is 5.44. The lowest BCUT2D eigenvalue weighted by Crippen LogP contribution is -2.44. The normalized spacial score (nSPS) is 18.3. The molecule has 6 heteroatoms. The SMILES string of the molecule is O=C1CCc2cc(NC(=O)C3(c4ccc(Br)cc4)CCOCC3)ccc2N1. The van der Waals surface area contributed by atoms with Crippen molar-refractivity contribution >= 4 is 39.1 Å². The maximum atomic E-state index is 13.3. The third kappa shape index (κ3) is 3.64. The van der Waals surface area contributed by atoms with Gasteiger partial charge in [-0.25, -0.2) is 0 Å². The molecule has 2 N–H and O–H groups in total. The summed E-state index contributed by atoms with van der Waals surface area (Å²) >= 11 is 3.46. The molecule has 0 radical (unpaired) electrons. The van der Waals surface area contributed by atoms with Crippen LogP contribution in [0.5, 0.6) is 0 Å². The van der Waals surface area contributed by atoms with Crippen molar-refractivity contribution in [3.05, 3.63) is 58.1 Å². The molecule has 140 valence electrons. The summed E-state index contributed by atoms with van der Waals surface area (Å²) in [6, 6.07) is 13.6. The van der Waals surface area contributed by atoms with E-state index in [1.54, 1.807) is 0 Å². The summed E-state index contributed by atoms with van der Waals surface area (Å²) in [5.41, 5.74) is 3.06. The summed E-state index contributed by atoms with van der Waals surface area (Å²) < 4.78 is 6.52. The van der Waals surface area contributed by atoms with Crippen LogP contribution >= 0.6 is 15.9 Å². The topological polar surface area (TPSA) is 67.4 Å². The number of anilines is 2. The van der Waals surface area contributed by atoms with Crippen LogP contribution in [0, 0.1) is 0 Å². The van der Waals surface area contributed by atoms with Crippen molar-refractivity contribution in [2.45, 2.75) is 31.1 Å². The van der Waals surface area contributed by atoms with Gasteiger partial charge in [-0.05, 0) is 60.7 Å². The first-order chi connectivity index (χ1) is 13.1. The maximum absolute atomic E-state index is 13.3. The molecule has 0 spiro atoms. The van der Waals surface area contributed by atoms with Gasteiger partial charge in [-0.1, -0.05) is 28.1 Å². The largest absolute Gasteiger partial charge is 0.381 e. The Labute approximate surface area is 166 Å². The van der Waals surface area contributed by atoms with E-state index in [9.17, 15) is 9.59 Å². The van der Waals surface area contributed by atoms with Gasteiger partial charge in [0.2, 0.25) is 11.8 Å². The van der Waals surface area contributed by atoms with E-state index in [1.807, 2.05) is 42.5 Å². The van der Waals surface area contributed by atoms with Crippen LogP contribution in [0.2, 0.25) is 0 Å². The maximum Gasteiger partial charge on any atom is 0.235 e. The van der Waals surface area contributed by atoms with E-state index in [4.69, 9.17) is 4.74 Å². The lowest BCUT2D eigenvalue weighted by molar-refractivity contribution is -0.125. The molecule has 0 saturated carbocycles. The van der Waals surface area contributed by atoms with E-state index in [0.29, 0.717) is 38.9 Å².